The quantitative estimate of drug-likeness (QED) is 0.686. The Kier molecular flexibility index (Phi) is 2.51. The minimum absolute atomic E-state index is 0.252. The average Bonchev–Trinajstić information content (AvgIpc) is 2.61. The van der Waals surface area contributed by atoms with Crippen molar-refractivity contribution >= 4 is 12.0 Å². The highest BCUT2D eigenvalue weighted by molar-refractivity contribution is 5.93. The number of fused-ring (bicyclic) bond motifs is 1. The number of hydrogen-bond donors (Lipinski definition) is 0. The zero-order valence-corrected chi connectivity index (χ0v) is 8.06. The van der Waals surface area contributed by atoms with Crippen LogP contribution in [-0.4, -0.2) is 5.97 Å². The highest BCUT2D eigenvalue weighted by Gasteiger charge is 2.20. The van der Waals surface area contributed by atoms with Gasteiger partial charge in [-0.25, -0.2) is 4.79 Å². The molecule has 0 aliphatic carbocycles. The molecule has 74 valence electrons. The maximum atomic E-state index is 11.2. The van der Waals surface area contributed by atoms with E-state index in [-0.39, 0.29) is 5.97 Å². The maximum Gasteiger partial charge on any atom is 0.338 e. The molecule has 0 aromatic heterocycles. The molecule has 1 aromatic carbocycles. The van der Waals surface area contributed by atoms with Crippen LogP contribution in [0.2, 0.25) is 0 Å². The molecule has 1 aromatic rings. The van der Waals surface area contributed by atoms with Crippen LogP contribution >= 0.6 is 0 Å². The van der Waals surface area contributed by atoms with E-state index in [0.717, 1.165) is 11.1 Å². The smallest absolute Gasteiger partial charge is 0.338 e. The lowest BCUT2D eigenvalue weighted by Crippen LogP contribution is -1.92. The molecule has 0 amide bonds. The normalized spacial score (nSPS) is 13.7. The van der Waals surface area contributed by atoms with Crippen molar-refractivity contribution < 1.29 is 9.53 Å². The molecule has 1 heterocycles. The lowest BCUT2D eigenvalue weighted by atomic mass is 10.1. The molecule has 3 heteroatoms. The van der Waals surface area contributed by atoms with Gasteiger partial charge in [0.2, 0.25) is 0 Å². The number of esters is 1. The van der Waals surface area contributed by atoms with Gasteiger partial charge in [-0.05, 0) is 17.7 Å². The molecule has 0 saturated carbocycles. The van der Waals surface area contributed by atoms with Crippen LogP contribution in [0.4, 0.5) is 0 Å². The first-order valence-corrected chi connectivity index (χ1v) is 4.65. The van der Waals surface area contributed by atoms with Gasteiger partial charge in [0.05, 0.1) is 18.1 Å². The molecule has 15 heavy (non-hydrogen) atoms. The third kappa shape index (κ3) is 1.89. The number of hydrogen-bond acceptors (Lipinski definition) is 3. The largest absolute Gasteiger partial charge is 0.457 e. The molecule has 0 atom stereocenters. The number of ether oxygens (including phenoxy) is 1. The molecule has 0 radical (unpaired) electrons. The fourth-order valence-corrected chi connectivity index (χ4v) is 1.50. The monoisotopic (exact) mass is 199 g/mol. The average molecular weight is 199 g/mol. The number of rotatable bonds is 2. The summed E-state index contributed by atoms with van der Waals surface area (Å²) in [4.78, 5) is 11.2. The zero-order valence-electron chi connectivity index (χ0n) is 8.06. The summed E-state index contributed by atoms with van der Waals surface area (Å²) in [5.41, 5.74) is 2.55. The summed E-state index contributed by atoms with van der Waals surface area (Å²) >= 11 is 0. The van der Waals surface area contributed by atoms with Gasteiger partial charge in [-0.15, -0.1) is 0 Å². The number of carbonyl (C=O) groups is 1. The Morgan fingerprint density at radius 3 is 3.20 bits per heavy atom. The Labute approximate surface area is 87.6 Å². The van der Waals surface area contributed by atoms with Gasteiger partial charge >= 0.3 is 5.97 Å². The Morgan fingerprint density at radius 1 is 1.53 bits per heavy atom. The van der Waals surface area contributed by atoms with Crippen molar-refractivity contribution in [3.05, 3.63) is 41.0 Å². The minimum atomic E-state index is -0.252. The topological polar surface area (TPSA) is 50.1 Å². The standard InChI is InChI=1S/C12H9NO2/c13-6-2-1-3-9-4-5-11-10(7-9)8-15-12(11)14/h1,3-5,7H,2,8H2. The van der Waals surface area contributed by atoms with Crippen molar-refractivity contribution in [1.82, 2.24) is 0 Å². The number of benzene rings is 1. The van der Waals surface area contributed by atoms with E-state index in [9.17, 15) is 4.79 Å². The van der Waals surface area contributed by atoms with Crippen LogP contribution in [0, 0.1) is 11.3 Å². The van der Waals surface area contributed by atoms with Crippen LogP contribution in [-0.2, 0) is 11.3 Å². The van der Waals surface area contributed by atoms with Gasteiger partial charge in [-0.3, -0.25) is 0 Å². The number of carbonyl (C=O) groups excluding carboxylic acids is 1. The second kappa shape index (κ2) is 3.97. The lowest BCUT2D eigenvalue weighted by Gasteiger charge is -1.96. The zero-order chi connectivity index (χ0) is 10.7. The van der Waals surface area contributed by atoms with Gasteiger partial charge in [0.25, 0.3) is 0 Å². The van der Waals surface area contributed by atoms with Crippen molar-refractivity contribution in [2.75, 3.05) is 0 Å². The van der Waals surface area contributed by atoms with Gasteiger partial charge in [-0.1, -0.05) is 18.2 Å². The van der Waals surface area contributed by atoms with E-state index in [4.69, 9.17) is 10.00 Å². The van der Waals surface area contributed by atoms with E-state index < -0.39 is 0 Å². The third-order valence-electron chi connectivity index (χ3n) is 2.23. The van der Waals surface area contributed by atoms with E-state index in [1.807, 2.05) is 24.3 Å². The second-order valence-corrected chi connectivity index (χ2v) is 3.26. The molecule has 0 N–H and O–H groups in total. The molecule has 0 unspecified atom stereocenters. The van der Waals surface area contributed by atoms with Gasteiger partial charge in [-0.2, -0.15) is 5.26 Å². The van der Waals surface area contributed by atoms with E-state index in [0.29, 0.717) is 18.6 Å². The summed E-state index contributed by atoms with van der Waals surface area (Å²) in [7, 11) is 0. The first-order valence-electron chi connectivity index (χ1n) is 4.65. The summed E-state index contributed by atoms with van der Waals surface area (Å²) in [6.07, 6.45) is 4.05. The Bertz CT molecular complexity index is 469. The molecule has 2 rings (SSSR count). The van der Waals surface area contributed by atoms with Crippen LogP contribution < -0.4 is 0 Å². The maximum absolute atomic E-state index is 11.2. The van der Waals surface area contributed by atoms with Crippen LogP contribution in [0.25, 0.3) is 6.08 Å². The summed E-state index contributed by atoms with van der Waals surface area (Å²) in [5.74, 6) is -0.252. The van der Waals surface area contributed by atoms with Gasteiger partial charge in [0.15, 0.2) is 0 Å². The van der Waals surface area contributed by atoms with E-state index in [1.165, 1.54) is 0 Å². The number of allylic oxidation sites excluding steroid dienone is 1. The van der Waals surface area contributed by atoms with Crippen molar-refractivity contribution in [2.24, 2.45) is 0 Å². The lowest BCUT2D eigenvalue weighted by molar-refractivity contribution is 0.0535. The van der Waals surface area contributed by atoms with Crippen LogP contribution in [0.15, 0.2) is 24.3 Å². The molecule has 0 spiro atoms. The Hall–Kier alpha value is -2.08. The summed E-state index contributed by atoms with van der Waals surface area (Å²) in [6.45, 7) is 0.355. The van der Waals surface area contributed by atoms with Gasteiger partial charge in [0.1, 0.15) is 6.61 Å². The van der Waals surface area contributed by atoms with Crippen molar-refractivity contribution in [3.8, 4) is 6.07 Å². The summed E-state index contributed by atoms with van der Waals surface area (Å²) in [6, 6.07) is 7.55. The molecule has 0 saturated heterocycles. The molecule has 1 aliphatic rings. The summed E-state index contributed by atoms with van der Waals surface area (Å²) in [5, 5.41) is 8.37. The fraction of sp³-hybridized carbons (Fsp3) is 0.167. The molecule has 1 aliphatic heterocycles. The second-order valence-electron chi connectivity index (χ2n) is 3.26. The number of cyclic esters (lactones) is 1. The molecule has 3 nitrogen and oxygen atoms in total. The predicted octanol–water partition coefficient (Wildman–Crippen LogP) is 2.28. The Balaban J connectivity index is 2.24. The molecular formula is C12H9NO2. The molecular weight excluding hydrogens is 190 g/mol. The molecule has 0 fully saturated rings. The van der Waals surface area contributed by atoms with Gasteiger partial charge in [0, 0.05) is 5.56 Å². The van der Waals surface area contributed by atoms with E-state index in [2.05, 4.69) is 0 Å². The van der Waals surface area contributed by atoms with Crippen LogP contribution in [0.3, 0.4) is 0 Å². The highest BCUT2D eigenvalue weighted by atomic mass is 16.5. The van der Waals surface area contributed by atoms with E-state index >= 15 is 0 Å². The third-order valence-corrected chi connectivity index (χ3v) is 2.23. The van der Waals surface area contributed by atoms with Crippen molar-refractivity contribution in [2.45, 2.75) is 13.0 Å². The van der Waals surface area contributed by atoms with Crippen molar-refractivity contribution in [1.29, 1.82) is 5.26 Å². The predicted molar refractivity (Wildman–Crippen MR) is 54.8 cm³/mol. The minimum Gasteiger partial charge on any atom is -0.457 e. The van der Waals surface area contributed by atoms with Crippen molar-refractivity contribution in [3.63, 3.8) is 0 Å². The first-order chi connectivity index (χ1) is 7.31. The van der Waals surface area contributed by atoms with Crippen LogP contribution in [0.5, 0.6) is 0 Å². The first kappa shape index (κ1) is 9.47. The van der Waals surface area contributed by atoms with E-state index in [1.54, 1.807) is 12.1 Å². The summed E-state index contributed by atoms with van der Waals surface area (Å²) < 4.78 is 4.89. The molecule has 0 bridgehead atoms. The number of nitrogens with zero attached hydrogens (tertiary/aromatic N) is 1. The highest BCUT2D eigenvalue weighted by Crippen LogP contribution is 2.21. The Morgan fingerprint density at radius 2 is 2.40 bits per heavy atom. The SMILES string of the molecule is N#CCC=Cc1ccc2c(c1)COC2=O. The van der Waals surface area contributed by atoms with Crippen LogP contribution in [0.1, 0.15) is 27.9 Å². The van der Waals surface area contributed by atoms with Gasteiger partial charge < -0.3 is 4.74 Å². The number of nitriles is 1. The fourth-order valence-electron chi connectivity index (χ4n) is 1.50.